The quantitative estimate of drug-likeness (QED) is 0.126. The molecule has 7 saturated carbocycles. The van der Waals surface area contributed by atoms with Crippen LogP contribution in [0.15, 0.2) is 109 Å². The summed E-state index contributed by atoms with van der Waals surface area (Å²) in [5, 5.41) is 0. The molecule has 7 aromatic carbocycles. The van der Waals surface area contributed by atoms with Crippen molar-refractivity contribution in [2.75, 3.05) is 0 Å². The first kappa shape index (κ1) is 80.4. The summed E-state index contributed by atoms with van der Waals surface area (Å²) in [6, 6.07) is 33.1. The first-order chi connectivity index (χ1) is 49.8. The summed E-state index contributed by atoms with van der Waals surface area (Å²) in [5.74, 6) is 2.69. The number of hydrogen-bond donors (Lipinski definition) is 0. The summed E-state index contributed by atoms with van der Waals surface area (Å²) in [6.45, 7) is 19.6. The highest BCUT2D eigenvalue weighted by Gasteiger charge is 2.35. The number of halogens is 10. The van der Waals surface area contributed by atoms with Crippen molar-refractivity contribution in [3.63, 3.8) is 0 Å². The molecule has 14 rings (SSSR count). The molecule has 7 fully saturated rings. The lowest BCUT2D eigenvalue weighted by Crippen LogP contribution is -2.25. The van der Waals surface area contributed by atoms with Crippen LogP contribution in [0.2, 0.25) is 0 Å². The minimum Gasteiger partial charge on any atom is -0.203 e. The predicted octanol–water partition coefficient (Wildman–Crippen LogP) is 29.8. The van der Waals surface area contributed by atoms with Crippen molar-refractivity contribution in [1.82, 2.24) is 0 Å². The molecule has 0 radical (unpaired) electrons. The molecule has 10 heteroatoms. The molecule has 0 aliphatic heterocycles. The van der Waals surface area contributed by atoms with E-state index < -0.39 is 58.2 Å². The highest BCUT2D eigenvalue weighted by Crippen LogP contribution is 2.48. The number of rotatable bonds is 9. The van der Waals surface area contributed by atoms with E-state index >= 15 is 0 Å². The molecule has 564 valence electrons. The Morgan fingerprint density at radius 3 is 0.635 bits per heavy atom. The van der Waals surface area contributed by atoms with Crippen molar-refractivity contribution in [3.8, 4) is 22.3 Å². The third kappa shape index (κ3) is 20.5. The van der Waals surface area contributed by atoms with Crippen LogP contribution >= 0.6 is 0 Å². The molecule has 0 nitrogen and oxygen atoms in total. The topological polar surface area (TPSA) is 0 Å². The Labute approximate surface area is 617 Å². The van der Waals surface area contributed by atoms with Crippen LogP contribution in [0, 0.1) is 146 Å². The summed E-state index contributed by atoms with van der Waals surface area (Å²) < 4.78 is 139. The van der Waals surface area contributed by atoms with E-state index in [0.717, 1.165) is 116 Å². The second-order valence-corrected chi connectivity index (χ2v) is 33.8. The van der Waals surface area contributed by atoms with Gasteiger partial charge in [0, 0.05) is 11.1 Å². The first-order valence-corrected chi connectivity index (χ1v) is 40.3. The van der Waals surface area contributed by atoms with Gasteiger partial charge in [-0.2, -0.15) is 0 Å². The number of benzene rings is 7. The van der Waals surface area contributed by atoms with Crippen LogP contribution < -0.4 is 0 Å². The van der Waals surface area contributed by atoms with Crippen molar-refractivity contribution in [2.24, 2.45) is 53.3 Å². The highest BCUT2D eigenvalue weighted by atomic mass is 19.2. The molecule has 0 saturated heterocycles. The molecule has 7 aliphatic rings. The van der Waals surface area contributed by atoms with Gasteiger partial charge in [-0.1, -0.05) is 208 Å². The van der Waals surface area contributed by atoms with E-state index in [4.69, 9.17) is 0 Å². The Morgan fingerprint density at radius 2 is 0.385 bits per heavy atom. The predicted molar refractivity (Wildman–Crippen MR) is 409 cm³/mol. The van der Waals surface area contributed by atoms with Crippen LogP contribution in [0.1, 0.15) is 300 Å². The molecule has 0 unspecified atom stereocenters. The molecular formula is C94H118F10. The van der Waals surface area contributed by atoms with E-state index in [9.17, 15) is 43.9 Å². The van der Waals surface area contributed by atoms with Crippen LogP contribution in [0.4, 0.5) is 43.9 Å². The van der Waals surface area contributed by atoms with E-state index in [1.807, 2.05) is 24.3 Å². The Morgan fingerprint density at radius 1 is 0.192 bits per heavy atom. The molecule has 0 bridgehead atoms. The van der Waals surface area contributed by atoms with Gasteiger partial charge in [0.1, 0.15) is 0 Å². The first-order valence-electron chi connectivity index (χ1n) is 40.3. The fourth-order valence-electron chi connectivity index (χ4n) is 18.6. The summed E-state index contributed by atoms with van der Waals surface area (Å²) in [6.07, 6.45) is 34.2. The fourth-order valence-corrected chi connectivity index (χ4v) is 18.6. The van der Waals surface area contributed by atoms with Gasteiger partial charge in [-0.05, 0) is 300 Å². The van der Waals surface area contributed by atoms with E-state index in [1.54, 1.807) is 95.3 Å². The third-order valence-electron chi connectivity index (χ3n) is 26.2. The lowest BCUT2D eigenvalue weighted by atomic mass is 9.68. The minimum atomic E-state index is -0.751. The van der Waals surface area contributed by atoms with E-state index in [2.05, 4.69) is 58.9 Å². The van der Waals surface area contributed by atoms with Crippen LogP contribution in [0.5, 0.6) is 0 Å². The zero-order chi connectivity index (χ0) is 74.5. The molecule has 0 aromatic heterocycles. The van der Waals surface area contributed by atoms with Gasteiger partial charge in [0.05, 0.1) is 0 Å². The molecule has 0 atom stereocenters. The van der Waals surface area contributed by atoms with Gasteiger partial charge in [-0.3, -0.25) is 0 Å². The van der Waals surface area contributed by atoms with E-state index in [1.165, 1.54) is 140 Å². The summed E-state index contributed by atoms with van der Waals surface area (Å²) >= 11 is 0. The molecule has 7 aromatic rings. The Balaban J connectivity index is 0.000000140. The molecule has 104 heavy (non-hydrogen) atoms. The highest BCUT2D eigenvalue weighted by molar-refractivity contribution is 5.66. The Kier molecular flexibility index (Phi) is 29.0. The molecular weight excluding hydrogens is 1320 g/mol. The van der Waals surface area contributed by atoms with Gasteiger partial charge < -0.3 is 0 Å². The van der Waals surface area contributed by atoms with Crippen molar-refractivity contribution < 1.29 is 43.9 Å². The molecule has 0 amide bonds. The third-order valence-corrected chi connectivity index (χ3v) is 26.2. The lowest BCUT2D eigenvalue weighted by Gasteiger charge is -2.37. The van der Waals surface area contributed by atoms with E-state index in [0.29, 0.717) is 67.5 Å². The second-order valence-electron chi connectivity index (χ2n) is 33.8. The molecule has 7 aliphatic carbocycles. The Bertz CT molecular complexity index is 3640. The summed E-state index contributed by atoms with van der Waals surface area (Å²) in [5.41, 5.74) is 8.50. The summed E-state index contributed by atoms with van der Waals surface area (Å²) in [4.78, 5) is 0. The fraction of sp³-hybridized carbons (Fsp3) is 0.553. The van der Waals surface area contributed by atoms with Crippen LogP contribution in [0.25, 0.3) is 22.3 Å². The second kappa shape index (κ2) is 37.6. The lowest BCUT2D eigenvalue weighted by molar-refractivity contribution is 0.164. The Hall–Kier alpha value is -6.16. The molecule has 0 spiro atoms. The SMILES string of the molecule is Cc1ccc(-c2ccc(C3CCC(C)CC3)cc2)c(F)c1F.Cc1ccc(-c2ccc(C3CCC(C)CC3)cc2)c(F)c1F.Cc1ccc(C2CCC(C)CC2)c(F)c1F.Cc1ccc(C2CCC(C3CCC(C)CC3)CC2)c(F)c1F.Cc1ccc(C2CCC(C3CCC(C)CC3)CC2)c(F)c1F. The van der Waals surface area contributed by atoms with Crippen LogP contribution in [-0.4, -0.2) is 0 Å². The summed E-state index contributed by atoms with van der Waals surface area (Å²) in [7, 11) is 0. The average Bonchev–Trinajstić information content (AvgIpc) is 0.829. The zero-order valence-electron chi connectivity index (χ0n) is 64.1. The normalized spacial score (nSPS) is 27.1. The standard InChI is InChI=1S/2C20H28F2.2C20H22F2.C14H18F2/c4*1-13-3-6-15(7-4-13)16-8-10-17(11-9-16)18-12-5-14(2)19(21)20(18)22;1-9-3-6-11(7-4-9)12-8-5-10(2)13(15)14(12)16/h2*5,12-13,15-17H,3-4,6-11H2,1-2H3;2*5,8-13,15H,3-4,6-7H2,1-2H3;5,8-9,11H,3-4,6-7H2,1-2H3. The monoisotopic (exact) mass is 1440 g/mol. The van der Waals surface area contributed by atoms with E-state index in [-0.39, 0.29) is 17.8 Å². The van der Waals surface area contributed by atoms with Gasteiger partial charge in [-0.15, -0.1) is 0 Å². The van der Waals surface area contributed by atoms with Gasteiger partial charge in [0.25, 0.3) is 0 Å². The zero-order valence-corrected chi connectivity index (χ0v) is 64.1. The van der Waals surface area contributed by atoms with Gasteiger partial charge in [0.15, 0.2) is 58.2 Å². The average molecular weight is 1440 g/mol. The van der Waals surface area contributed by atoms with Crippen molar-refractivity contribution in [1.29, 1.82) is 0 Å². The molecule has 0 heterocycles. The van der Waals surface area contributed by atoms with Crippen LogP contribution in [-0.2, 0) is 0 Å². The van der Waals surface area contributed by atoms with Gasteiger partial charge >= 0.3 is 0 Å². The maximum atomic E-state index is 14.2. The number of aryl methyl sites for hydroxylation is 5. The molecule has 0 N–H and O–H groups in total. The van der Waals surface area contributed by atoms with Crippen molar-refractivity contribution in [3.05, 3.63) is 223 Å². The van der Waals surface area contributed by atoms with Crippen molar-refractivity contribution in [2.45, 2.75) is 279 Å². The van der Waals surface area contributed by atoms with Gasteiger partial charge in [0.2, 0.25) is 0 Å². The smallest absolute Gasteiger partial charge is 0.166 e. The minimum absolute atomic E-state index is 0.214. The largest absolute Gasteiger partial charge is 0.203 e. The van der Waals surface area contributed by atoms with Crippen molar-refractivity contribution >= 4 is 0 Å². The number of hydrogen-bond acceptors (Lipinski definition) is 0. The van der Waals surface area contributed by atoms with Gasteiger partial charge in [-0.25, -0.2) is 43.9 Å². The van der Waals surface area contributed by atoms with Crippen LogP contribution in [0.3, 0.4) is 0 Å². The maximum absolute atomic E-state index is 14.2. The maximum Gasteiger partial charge on any atom is 0.166 e.